The molecule has 1 rings (SSSR count). The molecule has 0 aliphatic rings. The molecule has 4 N–H and O–H groups in total. The summed E-state index contributed by atoms with van der Waals surface area (Å²) in [5.74, 6) is -1.80. The van der Waals surface area contributed by atoms with Crippen LogP contribution in [0.4, 0.5) is 0 Å². The zero-order valence-corrected chi connectivity index (χ0v) is 36.4. The summed E-state index contributed by atoms with van der Waals surface area (Å²) in [6, 6.07) is 6.32. The summed E-state index contributed by atoms with van der Waals surface area (Å²) in [6.45, 7) is 4.59. The van der Waals surface area contributed by atoms with Gasteiger partial charge in [0.25, 0.3) is 11.8 Å². The first-order valence-electron chi connectivity index (χ1n) is 23.6. The topological polar surface area (TPSA) is 127 Å². The van der Waals surface area contributed by atoms with E-state index >= 15 is 0 Å². The SMILES string of the molecule is CCCCCCCCCCCCCCCCCCN(C(=O)CN)C(=O)c1cccc(C(=O)N(CCCCCCCCCCCCCCCCCC)C(=O)CN)c1. The van der Waals surface area contributed by atoms with Gasteiger partial charge in [0, 0.05) is 24.2 Å². The molecular weight excluding hydrogens is 697 g/mol. The van der Waals surface area contributed by atoms with Gasteiger partial charge in [0.05, 0.1) is 13.1 Å². The molecule has 0 saturated heterocycles. The van der Waals surface area contributed by atoms with Crippen LogP contribution in [0.2, 0.25) is 0 Å². The van der Waals surface area contributed by atoms with E-state index in [4.69, 9.17) is 11.5 Å². The van der Waals surface area contributed by atoms with E-state index in [0.29, 0.717) is 25.9 Å². The predicted molar refractivity (Wildman–Crippen MR) is 236 cm³/mol. The van der Waals surface area contributed by atoms with E-state index in [1.165, 1.54) is 170 Å². The number of nitrogens with zero attached hydrogens (tertiary/aromatic N) is 2. The maximum atomic E-state index is 13.5. The third-order valence-corrected chi connectivity index (χ3v) is 11.3. The minimum atomic E-state index is -0.467. The van der Waals surface area contributed by atoms with Gasteiger partial charge in [0.2, 0.25) is 11.8 Å². The van der Waals surface area contributed by atoms with Crippen molar-refractivity contribution in [1.82, 2.24) is 9.80 Å². The van der Waals surface area contributed by atoms with Crippen LogP contribution in [0.5, 0.6) is 0 Å². The van der Waals surface area contributed by atoms with Crippen molar-refractivity contribution < 1.29 is 19.2 Å². The van der Waals surface area contributed by atoms with Gasteiger partial charge in [-0.2, -0.15) is 0 Å². The molecule has 4 amide bonds. The molecule has 1 aromatic rings. The molecule has 0 radical (unpaired) electrons. The molecule has 0 fully saturated rings. The fourth-order valence-electron chi connectivity index (χ4n) is 7.63. The van der Waals surface area contributed by atoms with E-state index in [1.54, 1.807) is 18.2 Å². The number of carbonyl (C=O) groups is 4. The third kappa shape index (κ3) is 25.6. The lowest BCUT2D eigenvalue weighted by Crippen LogP contribution is -2.42. The number of carbonyl (C=O) groups excluding carboxylic acids is 4. The number of hydrogen-bond acceptors (Lipinski definition) is 6. The molecule has 56 heavy (non-hydrogen) atoms. The van der Waals surface area contributed by atoms with Crippen molar-refractivity contribution in [3.8, 4) is 0 Å². The van der Waals surface area contributed by atoms with E-state index in [-0.39, 0.29) is 24.2 Å². The maximum Gasteiger partial charge on any atom is 0.260 e. The molecule has 0 aliphatic carbocycles. The van der Waals surface area contributed by atoms with Crippen molar-refractivity contribution in [2.24, 2.45) is 11.5 Å². The molecule has 0 bridgehead atoms. The molecule has 0 aromatic heterocycles. The highest BCUT2D eigenvalue weighted by Gasteiger charge is 2.25. The van der Waals surface area contributed by atoms with Gasteiger partial charge in [-0.3, -0.25) is 29.0 Å². The zero-order valence-electron chi connectivity index (χ0n) is 36.4. The highest BCUT2D eigenvalue weighted by molar-refractivity contribution is 6.09. The number of benzene rings is 1. The molecule has 0 spiro atoms. The van der Waals surface area contributed by atoms with E-state index in [1.807, 2.05) is 0 Å². The van der Waals surface area contributed by atoms with Crippen LogP contribution in [0.1, 0.15) is 240 Å². The van der Waals surface area contributed by atoms with Crippen molar-refractivity contribution in [2.75, 3.05) is 26.2 Å². The quantitative estimate of drug-likeness (QED) is 0.0643. The second-order valence-electron chi connectivity index (χ2n) is 16.3. The summed E-state index contributed by atoms with van der Waals surface area (Å²) in [5, 5.41) is 0. The van der Waals surface area contributed by atoms with E-state index < -0.39 is 23.6 Å². The van der Waals surface area contributed by atoms with Gasteiger partial charge < -0.3 is 11.5 Å². The number of rotatable bonds is 38. The third-order valence-electron chi connectivity index (χ3n) is 11.3. The molecule has 0 atom stereocenters. The standard InChI is InChI=1S/C48H86N4O4/c1-3-5-7-9-11-13-15-17-19-21-23-25-27-29-31-33-38-51(45(53)41-49)47(55)43-36-35-37-44(40-43)48(56)52(46(54)42-50)39-34-32-30-28-26-24-22-20-18-16-14-12-10-8-6-4-2/h35-37,40H,3-34,38-39,41-42,49-50H2,1-2H3. The van der Waals surface area contributed by atoms with Gasteiger partial charge in [-0.25, -0.2) is 0 Å². The first kappa shape index (κ1) is 51.4. The first-order valence-corrected chi connectivity index (χ1v) is 23.6. The Balaban J connectivity index is 2.41. The summed E-state index contributed by atoms with van der Waals surface area (Å²) in [4.78, 5) is 55.0. The number of unbranched alkanes of at least 4 members (excludes halogenated alkanes) is 30. The lowest BCUT2D eigenvalue weighted by atomic mass is 10.0. The van der Waals surface area contributed by atoms with Crippen LogP contribution >= 0.6 is 0 Å². The Labute approximate surface area is 344 Å². The number of hydrogen-bond donors (Lipinski definition) is 2. The van der Waals surface area contributed by atoms with Gasteiger partial charge in [-0.1, -0.05) is 213 Å². The Hall–Kier alpha value is -2.58. The van der Waals surface area contributed by atoms with Crippen molar-refractivity contribution >= 4 is 23.6 Å². The Morgan fingerprint density at radius 3 is 0.857 bits per heavy atom. The van der Waals surface area contributed by atoms with Gasteiger partial charge in [0.1, 0.15) is 0 Å². The normalized spacial score (nSPS) is 11.2. The summed E-state index contributed by atoms with van der Waals surface area (Å²) in [6.07, 6.45) is 40.0. The Morgan fingerprint density at radius 1 is 0.393 bits per heavy atom. The summed E-state index contributed by atoms with van der Waals surface area (Å²) in [7, 11) is 0. The fraction of sp³-hybridized carbons (Fsp3) is 0.792. The highest BCUT2D eigenvalue weighted by Crippen LogP contribution is 2.18. The van der Waals surface area contributed by atoms with Crippen molar-refractivity contribution in [1.29, 1.82) is 0 Å². The van der Waals surface area contributed by atoms with Crippen LogP contribution < -0.4 is 11.5 Å². The Bertz CT molecular complexity index is 1060. The smallest absolute Gasteiger partial charge is 0.260 e. The summed E-state index contributed by atoms with van der Waals surface area (Å²) >= 11 is 0. The molecule has 0 aliphatic heterocycles. The van der Waals surface area contributed by atoms with Crippen LogP contribution in [-0.4, -0.2) is 59.6 Å². The maximum absolute atomic E-state index is 13.5. The van der Waals surface area contributed by atoms with Crippen molar-refractivity contribution in [3.63, 3.8) is 0 Å². The Morgan fingerprint density at radius 2 is 0.625 bits per heavy atom. The van der Waals surface area contributed by atoms with Gasteiger partial charge in [-0.05, 0) is 31.0 Å². The number of imide groups is 2. The average molecular weight is 783 g/mol. The minimum Gasteiger partial charge on any atom is -0.322 e. The second kappa shape index (κ2) is 36.7. The van der Waals surface area contributed by atoms with Crippen molar-refractivity contribution in [3.05, 3.63) is 35.4 Å². The van der Waals surface area contributed by atoms with E-state index in [0.717, 1.165) is 38.5 Å². The zero-order chi connectivity index (χ0) is 40.9. The van der Waals surface area contributed by atoms with Gasteiger partial charge in [-0.15, -0.1) is 0 Å². The largest absolute Gasteiger partial charge is 0.322 e. The lowest BCUT2D eigenvalue weighted by molar-refractivity contribution is -0.128. The van der Waals surface area contributed by atoms with E-state index in [9.17, 15) is 19.2 Å². The Kier molecular flexibility index (Phi) is 33.7. The van der Waals surface area contributed by atoms with Crippen LogP contribution in [-0.2, 0) is 9.59 Å². The van der Waals surface area contributed by atoms with Crippen LogP contribution in [0.25, 0.3) is 0 Å². The molecule has 1 aromatic carbocycles. The summed E-state index contributed by atoms with van der Waals surface area (Å²) in [5.41, 5.74) is 11.9. The number of nitrogens with two attached hydrogens (primary N) is 2. The monoisotopic (exact) mass is 783 g/mol. The minimum absolute atomic E-state index is 0.233. The lowest BCUT2D eigenvalue weighted by Gasteiger charge is -2.22. The van der Waals surface area contributed by atoms with Crippen LogP contribution in [0.15, 0.2) is 24.3 Å². The molecule has 0 unspecified atom stereocenters. The average Bonchev–Trinajstić information content (AvgIpc) is 3.22. The molecule has 0 heterocycles. The first-order chi connectivity index (χ1) is 27.4. The molecule has 0 saturated carbocycles. The van der Waals surface area contributed by atoms with Crippen molar-refractivity contribution in [2.45, 2.75) is 219 Å². The second-order valence-corrected chi connectivity index (χ2v) is 16.3. The molecule has 322 valence electrons. The van der Waals surface area contributed by atoms with Gasteiger partial charge >= 0.3 is 0 Å². The predicted octanol–water partition coefficient (Wildman–Crippen LogP) is 12.1. The molecule has 8 heteroatoms. The molecular formula is C48H86N4O4. The van der Waals surface area contributed by atoms with Gasteiger partial charge in [0.15, 0.2) is 0 Å². The fourth-order valence-corrected chi connectivity index (χ4v) is 7.63. The highest BCUT2D eigenvalue weighted by atomic mass is 16.2. The van der Waals surface area contributed by atoms with E-state index in [2.05, 4.69) is 13.8 Å². The number of amides is 4. The summed E-state index contributed by atoms with van der Waals surface area (Å²) < 4.78 is 0. The molecule has 8 nitrogen and oxygen atoms in total. The van der Waals surface area contributed by atoms with Crippen LogP contribution in [0.3, 0.4) is 0 Å². The van der Waals surface area contributed by atoms with Crippen LogP contribution in [0, 0.1) is 0 Å².